The molecule has 2 atom stereocenters. The van der Waals surface area contributed by atoms with Crippen LogP contribution >= 0.6 is 22.6 Å². The van der Waals surface area contributed by atoms with Gasteiger partial charge in [-0.15, -0.1) is 0 Å². The molecule has 17 heavy (non-hydrogen) atoms. The number of halogens is 1. The van der Waals surface area contributed by atoms with Crippen molar-refractivity contribution in [2.45, 2.75) is 50.2 Å². The van der Waals surface area contributed by atoms with Gasteiger partial charge in [0.25, 0.3) is 0 Å². The monoisotopic (exact) mass is 342 g/mol. The number of fused-ring (bicyclic) bond motifs is 2. The third-order valence-corrected chi connectivity index (χ3v) is 4.79. The minimum Gasteiger partial charge on any atom is -0.365 e. The molecule has 0 aromatic heterocycles. The topological polar surface area (TPSA) is 29.3 Å². The van der Waals surface area contributed by atoms with Crippen LogP contribution in [0, 0.1) is 3.57 Å². The molecule has 2 N–H and O–H groups in total. The van der Waals surface area contributed by atoms with E-state index in [4.69, 9.17) is 5.73 Å². The first-order chi connectivity index (χ1) is 8.24. The fourth-order valence-corrected chi connectivity index (χ4v) is 4.01. The van der Waals surface area contributed by atoms with Gasteiger partial charge in [-0.05, 0) is 72.9 Å². The van der Waals surface area contributed by atoms with Crippen molar-refractivity contribution < 1.29 is 0 Å². The van der Waals surface area contributed by atoms with Gasteiger partial charge in [-0.25, -0.2) is 0 Å². The number of rotatable bonds is 1. The molecule has 2 nitrogen and oxygen atoms in total. The Labute approximate surface area is 117 Å². The summed E-state index contributed by atoms with van der Waals surface area (Å²) < 4.78 is 1.33. The Bertz CT molecular complexity index is 393. The highest BCUT2D eigenvalue weighted by molar-refractivity contribution is 14.1. The second-order valence-electron chi connectivity index (χ2n) is 5.36. The van der Waals surface area contributed by atoms with Gasteiger partial charge in [0, 0.05) is 27.4 Å². The first kappa shape index (κ1) is 11.8. The predicted molar refractivity (Wildman–Crippen MR) is 80.3 cm³/mol. The molecule has 3 rings (SSSR count). The van der Waals surface area contributed by atoms with Crippen LogP contribution in [0.4, 0.5) is 5.69 Å². The lowest BCUT2D eigenvalue weighted by atomic mass is 9.81. The molecule has 2 unspecified atom stereocenters. The van der Waals surface area contributed by atoms with Crippen LogP contribution in [0.3, 0.4) is 0 Å². The Morgan fingerprint density at radius 3 is 2.53 bits per heavy atom. The second kappa shape index (κ2) is 4.76. The molecule has 0 spiro atoms. The maximum absolute atomic E-state index is 6.17. The summed E-state index contributed by atoms with van der Waals surface area (Å²) in [6, 6.07) is 10.7. The normalized spacial score (nSPS) is 32.6. The maximum atomic E-state index is 6.17. The molecule has 0 amide bonds. The lowest BCUT2D eigenvalue weighted by molar-refractivity contribution is 0.271. The second-order valence-corrected chi connectivity index (χ2v) is 6.60. The van der Waals surface area contributed by atoms with E-state index in [-0.39, 0.29) is 0 Å². The highest BCUT2D eigenvalue weighted by Gasteiger charge is 2.36. The van der Waals surface area contributed by atoms with Crippen molar-refractivity contribution in [3.8, 4) is 0 Å². The van der Waals surface area contributed by atoms with Gasteiger partial charge in [-0.1, -0.05) is 6.07 Å². The predicted octanol–water partition coefficient (Wildman–Crippen LogP) is 3.14. The van der Waals surface area contributed by atoms with E-state index in [9.17, 15) is 0 Å². The lowest BCUT2D eigenvalue weighted by Gasteiger charge is -2.49. The molecule has 92 valence electrons. The van der Waals surface area contributed by atoms with E-state index in [2.05, 4.69) is 51.8 Å². The minimum absolute atomic E-state index is 0.421. The Morgan fingerprint density at radius 1 is 1.18 bits per heavy atom. The summed E-state index contributed by atoms with van der Waals surface area (Å²) in [7, 11) is 0. The van der Waals surface area contributed by atoms with Gasteiger partial charge >= 0.3 is 0 Å². The molecule has 1 aromatic carbocycles. The van der Waals surface area contributed by atoms with Gasteiger partial charge in [0.2, 0.25) is 0 Å². The summed E-state index contributed by atoms with van der Waals surface area (Å²) >= 11 is 2.40. The number of piperidine rings is 2. The molecule has 1 aromatic rings. The zero-order chi connectivity index (χ0) is 11.8. The summed E-state index contributed by atoms with van der Waals surface area (Å²) in [4.78, 5) is 2.65. The Hall–Kier alpha value is -0.290. The molecular formula is C14H19IN2. The Kier molecular flexibility index (Phi) is 3.30. The van der Waals surface area contributed by atoms with E-state index in [1.54, 1.807) is 0 Å². The fourth-order valence-electron chi connectivity index (χ4n) is 3.48. The average Bonchev–Trinajstić information content (AvgIpc) is 2.27. The third-order valence-electron chi connectivity index (χ3n) is 4.12. The molecule has 2 aliphatic rings. The van der Waals surface area contributed by atoms with Crippen molar-refractivity contribution in [3.63, 3.8) is 0 Å². The van der Waals surface area contributed by atoms with Gasteiger partial charge in [0.1, 0.15) is 0 Å². The Balaban J connectivity index is 1.91. The zero-order valence-corrected chi connectivity index (χ0v) is 12.1. The van der Waals surface area contributed by atoms with Crippen LogP contribution in [0.25, 0.3) is 0 Å². The first-order valence-electron chi connectivity index (χ1n) is 6.53. The van der Waals surface area contributed by atoms with Gasteiger partial charge in [-0.2, -0.15) is 0 Å². The van der Waals surface area contributed by atoms with E-state index in [0.29, 0.717) is 18.1 Å². The molecule has 2 aliphatic heterocycles. The molecule has 0 aliphatic carbocycles. The molecule has 3 heteroatoms. The summed E-state index contributed by atoms with van der Waals surface area (Å²) in [5.41, 5.74) is 7.57. The van der Waals surface area contributed by atoms with Gasteiger partial charge in [-0.3, -0.25) is 0 Å². The Morgan fingerprint density at radius 2 is 1.88 bits per heavy atom. The molecule has 2 fully saturated rings. The summed E-state index contributed by atoms with van der Waals surface area (Å²) in [6.07, 6.45) is 6.35. The summed E-state index contributed by atoms with van der Waals surface area (Å²) in [6.45, 7) is 0. The van der Waals surface area contributed by atoms with Crippen LogP contribution in [0.5, 0.6) is 0 Å². The number of hydrogen-bond donors (Lipinski definition) is 1. The van der Waals surface area contributed by atoms with E-state index in [1.165, 1.54) is 41.4 Å². The molecule has 2 saturated heterocycles. The largest absolute Gasteiger partial charge is 0.365 e. The molecule has 2 heterocycles. The maximum Gasteiger partial charge on any atom is 0.0381 e. The van der Waals surface area contributed by atoms with Crippen LogP contribution in [0.2, 0.25) is 0 Å². The van der Waals surface area contributed by atoms with E-state index in [0.717, 1.165) is 0 Å². The summed E-state index contributed by atoms with van der Waals surface area (Å²) in [5, 5.41) is 0. The highest BCUT2D eigenvalue weighted by atomic mass is 127. The number of nitrogens with two attached hydrogens (primary N) is 1. The molecule has 0 radical (unpaired) electrons. The van der Waals surface area contributed by atoms with Crippen molar-refractivity contribution in [3.05, 3.63) is 27.8 Å². The fraction of sp³-hybridized carbons (Fsp3) is 0.571. The SMILES string of the molecule is NC1CC2CCCC(C1)N2c1cccc(I)c1. The van der Waals surface area contributed by atoms with Crippen LogP contribution in [0.1, 0.15) is 32.1 Å². The van der Waals surface area contributed by atoms with Crippen molar-refractivity contribution in [2.24, 2.45) is 5.73 Å². The van der Waals surface area contributed by atoms with Crippen molar-refractivity contribution in [2.75, 3.05) is 4.90 Å². The van der Waals surface area contributed by atoms with Gasteiger partial charge in [0.15, 0.2) is 0 Å². The van der Waals surface area contributed by atoms with E-state index >= 15 is 0 Å². The van der Waals surface area contributed by atoms with E-state index < -0.39 is 0 Å². The zero-order valence-electron chi connectivity index (χ0n) is 9.98. The van der Waals surface area contributed by atoms with Crippen molar-refractivity contribution in [1.82, 2.24) is 0 Å². The highest BCUT2D eigenvalue weighted by Crippen LogP contribution is 2.37. The minimum atomic E-state index is 0.421. The number of anilines is 1. The van der Waals surface area contributed by atoms with Crippen molar-refractivity contribution in [1.29, 1.82) is 0 Å². The molecule has 2 bridgehead atoms. The van der Waals surface area contributed by atoms with Gasteiger partial charge in [0.05, 0.1) is 0 Å². The third kappa shape index (κ3) is 2.32. The first-order valence-corrected chi connectivity index (χ1v) is 7.61. The molecular weight excluding hydrogens is 323 g/mol. The lowest BCUT2D eigenvalue weighted by Crippen LogP contribution is -2.55. The quantitative estimate of drug-likeness (QED) is 0.795. The standard InChI is InChI=1S/C14H19IN2/c15-10-3-1-4-12(7-10)17-13-5-2-6-14(17)9-11(16)8-13/h1,3-4,7,11,13-14H,2,5-6,8-9,16H2. The van der Waals surface area contributed by atoms with E-state index in [1.807, 2.05) is 0 Å². The van der Waals surface area contributed by atoms with Crippen LogP contribution in [-0.2, 0) is 0 Å². The van der Waals surface area contributed by atoms with Crippen LogP contribution < -0.4 is 10.6 Å². The van der Waals surface area contributed by atoms with Crippen molar-refractivity contribution >= 4 is 28.3 Å². The number of benzene rings is 1. The van der Waals surface area contributed by atoms with Crippen LogP contribution in [-0.4, -0.2) is 18.1 Å². The van der Waals surface area contributed by atoms with Gasteiger partial charge < -0.3 is 10.6 Å². The average molecular weight is 342 g/mol. The summed E-state index contributed by atoms with van der Waals surface area (Å²) in [5.74, 6) is 0. The number of nitrogens with zero attached hydrogens (tertiary/aromatic N) is 1. The smallest absolute Gasteiger partial charge is 0.0381 e. The number of hydrogen-bond acceptors (Lipinski definition) is 2. The van der Waals surface area contributed by atoms with Crippen LogP contribution in [0.15, 0.2) is 24.3 Å². The molecule has 0 saturated carbocycles.